The van der Waals surface area contributed by atoms with E-state index in [0.29, 0.717) is 0 Å². The maximum atomic E-state index is 3.67. The molecule has 0 aliphatic heterocycles. The van der Waals surface area contributed by atoms with Crippen LogP contribution >= 0.6 is 31.9 Å². The second-order valence-electron chi connectivity index (χ2n) is 7.34. The number of benzene rings is 3. The van der Waals surface area contributed by atoms with Crippen LogP contribution in [0.4, 0.5) is 0 Å². The molecule has 1 aliphatic rings. The summed E-state index contributed by atoms with van der Waals surface area (Å²) in [5.41, 5.74) is 8.64. The summed E-state index contributed by atoms with van der Waals surface area (Å²) in [6.45, 7) is 0. The van der Waals surface area contributed by atoms with Crippen LogP contribution in [0.1, 0.15) is 36.8 Å². The average molecular weight is 484 g/mol. The van der Waals surface area contributed by atoms with E-state index in [9.17, 15) is 0 Å². The summed E-state index contributed by atoms with van der Waals surface area (Å²) in [6, 6.07) is 26.9. The second-order valence-corrected chi connectivity index (χ2v) is 8.93. The van der Waals surface area contributed by atoms with E-state index in [0.717, 1.165) is 10.7 Å². The van der Waals surface area contributed by atoms with Crippen molar-refractivity contribution >= 4 is 31.9 Å². The van der Waals surface area contributed by atoms with Gasteiger partial charge in [-0.1, -0.05) is 98.6 Å². The molecule has 2 heteroatoms. The number of alkyl halides is 2. The predicted molar refractivity (Wildman–Crippen MR) is 124 cm³/mol. The summed E-state index contributed by atoms with van der Waals surface area (Å²) in [4.78, 5) is 0. The lowest BCUT2D eigenvalue weighted by Crippen LogP contribution is -2.26. The molecule has 0 N–H and O–H groups in total. The molecular weight excluding hydrogens is 460 g/mol. The van der Waals surface area contributed by atoms with Gasteiger partial charge in [0.05, 0.1) is 0 Å². The lowest BCUT2D eigenvalue weighted by atomic mass is 9.71. The van der Waals surface area contributed by atoms with Gasteiger partial charge in [-0.25, -0.2) is 0 Å². The van der Waals surface area contributed by atoms with Gasteiger partial charge in [0.15, 0.2) is 0 Å². The van der Waals surface area contributed by atoms with Crippen LogP contribution in [-0.4, -0.2) is 10.7 Å². The number of hydrogen-bond donors (Lipinski definition) is 0. The quantitative estimate of drug-likeness (QED) is 0.299. The highest BCUT2D eigenvalue weighted by molar-refractivity contribution is 9.09. The highest BCUT2D eigenvalue weighted by Gasteiger charge is 2.42. The molecule has 0 aromatic heterocycles. The van der Waals surface area contributed by atoms with Gasteiger partial charge in [0.2, 0.25) is 0 Å². The third-order valence-corrected chi connectivity index (χ3v) is 6.97. The minimum atomic E-state index is 0.123. The van der Waals surface area contributed by atoms with Crippen molar-refractivity contribution in [2.24, 2.45) is 0 Å². The van der Waals surface area contributed by atoms with Gasteiger partial charge >= 0.3 is 0 Å². The molecule has 0 radical (unpaired) electrons. The fourth-order valence-electron chi connectivity index (χ4n) is 4.67. The molecule has 0 atom stereocenters. The van der Waals surface area contributed by atoms with Crippen molar-refractivity contribution in [3.8, 4) is 22.3 Å². The number of hydrogen-bond acceptors (Lipinski definition) is 0. The summed E-state index contributed by atoms with van der Waals surface area (Å²) >= 11 is 7.34. The monoisotopic (exact) mass is 482 g/mol. The Kier molecular flexibility index (Phi) is 5.85. The SMILES string of the molecule is BrCCCC1(CCCBr)c2ccccc2-c2ccc(-c3ccccc3)cc21. The van der Waals surface area contributed by atoms with E-state index in [-0.39, 0.29) is 5.41 Å². The van der Waals surface area contributed by atoms with Crippen LogP contribution in [0, 0.1) is 0 Å². The zero-order valence-electron chi connectivity index (χ0n) is 15.4. The summed E-state index contributed by atoms with van der Waals surface area (Å²) in [7, 11) is 0. The van der Waals surface area contributed by atoms with E-state index in [1.165, 1.54) is 59.1 Å². The smallest absolute Gasteiger partial charge is 0.0216 e. The van der Waals surface area contributed by atoms with E-state index < -0.39 is 0 Å². The molecule has 0 fully saturated rings. The van der Waals surface area contributed by atoms with Crippen LogP contribution in [0.5, 0.6) is 0 Å². The molecule has 0 spiro atoms. The van der Waals surface area contributed by atoms with E-state index in [4.69, 9.17) is 0 Å². The van der Waals surface area contributed by atoms with Crippen LogP contribution in [0.2, 0.25) is 0 Å². The summed E-state index contributed by atoms with van der Waals surface area (Å²) in [5, 5.41) is 2.11. The molecule has 0 saturated carbocycles. The highest BCUT2D eigenvalue weighted by atomic mass is 79.9. The van der Waals surface area contributed by atoms with Gasteiger partial charge in [0.1, 0.15) is 0 Å². The lowest BCUT2D eigenvalue weighted by Gasteiger charge is -2.32. The molecule has 3 aromatic carbocycles. The zero-order chi connectivity index (χ0) is 18.7. The van der Waals surface area contributed by atoms with Crippen molar-refractivity contribution < 1.29 is 0 Å². The Balaban J connectivity index is 1.90. The van der Waals surface area contributed by atoms with Crippen LogP contribution in [0.3, 0.4) is 0 Å². The van der Waals surface area contributed by atoms with Gasteiger partial charge in [-0.3, -0.25) is 0 Å². The third-order valence-electron chi connectivity index (χ3n) is 5.85. The topological polar surface area (TPSA) is 0 Å². The first-order chi connectivity index (χ1) is 13.3. The Hall–Kier alpha value is -1.38. The van der Waals surface area contributed by atoms with Gasteiger partial charge in [-0.2, -0.15) is 0 Å². The standard InChI is InChI=1S/C25H24Br2/c26-16-6-14-25(15-7-17-27)23-11-5-4-10-21(23)22-13-12-20(18-24(22)25)19-8-2-1-3-9-19/h1-5,8-13,18H,6-7,14-17H2. The van der Waals surface area contributed by atoms with Gasteiger partial charge in [-0.05, 0) is 65.1 Å². The molecular formula is C25H24Br2. The van der Waals surface area contributed by atoms with Crippen LogP contribution in [0.15, 0.2) is 72.8 Å². The van der Waals surface area contributed by atoms with Crippen LogP contribution < -0.4 is 0 Å². The van der Waals surface area contributed by atoms with Gasteiger partial charge in [0.25, 0.3) is 0 Å². The maximum Gasteiger partial charge on any atom is 0.0216 e. The molecule has 0 heterocycles. The Morgan fingerprint density at radius 3 is 1.93 bits per heavy atom. The van der Waals surface area contributed by atoms with Crippen LogP contribution in [0.25, 0.3) is 22.3 Å². The molecule has 0 amide bonds. The number of fused-ring (bicyclic) bond motifs is 3. The van der Waals surface area contributed by atoms with Crippen molar-refractivity contribution in [2.45, 2.75) is 31.1 Å². The minimum absolute atomic E-state index is 0.123. The minimum Gasteiger partial charge on any atom is -0.0928 e. The Labute approximate surface area is 179 Å². The third kappa shape index (κ3) is 3.43. The van der Waals surface area contributed by atoms with Crippen molar-refractivity contribution in [1.29, 1.82) is 0 Å². The van der Waals surface area contributed by atoms with Crippen molar-refractivity contribution in [3.05, 3.63) is 83.9 Å². The predicted octanol–water partition coefficient (Wildman–Crippen LogP) is 7.97. The van der Waals surface area contributed by atoms with Crippen molar-refractivity contribution in [2.75, 3.05) is 10.7 Å². The molecule has 0 nitrogen and oxygen atoms in total. The first kappa shape index (κ1) is 19.0. The van der Waals surface area contributed by atoms with Crippen molar-refractivity contribution in [3.63, 3.8) is 0 Å². The lowest BCUT2D eigenvalue weighted by molar-refractivity contribution is 0.440. The molecule has 138 valence electrons. The largest absolute Gasteiger partial charge is 0.0928 e. The fraction of sp³-hybridized carbons (Fsp3) is 0.280. The van der Waals surface area contributed by atoms with E-state index in [1.807, 2.05) is 0 Å². The van der Waals surface area contributed by atoms with Gasteiger partial charge in [0, 0.05) is 16.1 Å². The first-order valence-corrected chi connectivity index (χ1v) is 12.0. The highest BCUT2D eigenvalue weighted by Crippen LogP contribution is 2.54. The summed E-state index contributed by atoms with van der Waals surface area (Å²) in [5.74, 6) is 0. The Morgan fingerprint density at radius 2 is 1.22 bits per heavy atom. The Morgan fingerprint density at radius 1 is 0.593 bits per heavy atom. The van der Waals surface area contributed by atoms with Crippen LogP contribution in [-0.2, 0) is 5.41 Å². The molecule has 0 saturated heterocycles. The van der Waals surface area contributed by atoms with E-state index >= 15 is 0 Å². The molecule has 0 bridgehead atoms. The van der Waals surface area contributed by atoms with E-state index in [2.05, 4.69) is 105 Å². The summed E-state index contributed by atoms with van der Waals surface area (Å²) < 4.78 is 0. The van der Waals surface area contributed by atoms with Gasteiger partial charge in [-0.15, -0.1) is 0 Å². The van der Waals surface area contributed by atoms with Gasteiger partial charge < -0.3 is 0 Å². The molecule has 4 rings (SSSR count). The molecule has 3 aromatic rings. The number of rotatable bonds is 7. The Bertz CT molecular complexity index is 907. The van der Waals surface area contributed by atoms with Crippen molar-refractivity contribution in [1.82, 2.24) is 0 Å². The number of halogens is 2. The average Bonchev–Trinajstić information content (AvgIpc) is 3.01. The van der Waals surface area contributed by atoms with E-state index in [1.54, 1.807) is 0 Å². The fourth-order valence-corrected chi connectivity index (χ4v) is 5.23. The molecule has 1 aliphatic carbocycles. The normalized spacial score (nSPS) is 14.0. The second kappa shape index (κ2) is 8.32. The maximum absolute atomic E-state index is 3.67. The first-order valence-electron chi connectivity index (χ1n) is 9.72. The zero-order valence-corrected chi connectivity index (χ0v) is 18.6. The summed E-state index contributed by atoms with van der Waals surface area (Å²) in [6.07, 6.45) is 4.75. The molecule has 27 heavy (non-hydrogen) atoms. The molecule has 0 unspecified atom stereocenters.